The lowest BCUT2D eigenvalue weighted by molar-refractivity contribution is -0.120. The van der Waals surface area contributed by atoms with E-state index in [9.17, 15) is 4.79 Å². The number of amides is 1. The number of nitrogens with two attached hydrogens (primary N) is 1. The average Bonchev–Trinajstić information content (AvgIpc) is 2.54. The number of ether oxygens (including phenoxy) is 1. The van der Waals surface area contributed by atoms with Crippen LogP contribution in [0.3, 0.4) is 0 Å². The van der Waals surface area contributed by atoms with Gasteiger partial charge >= 0.3 is 0 Å². The zero-order valence-electron chi connectivity index (χ0n) is 14.1. The van der Waals surface area contributed by atoms with E-state index in [0.29, 0.717) is 29.7 Å². The molecular formula is C18H27ClN2O2S. The third-order valence-electron chi connectivity index (χ3n) is 5.12. The second kappa shape index (κ2) is 8.97. The van der Waals surface area contributed by atoms with Crippen molar-refractivity contribution in [3.63, 3.8) is 0 Å². The highest BCUT2D eigenvalue weighted by Gasteiger charge is 2.39. The van der Waals surface area contributed by atoms with Gasteiger partial charge in [-0.25, -0.2) is 0 Å². The summed E-state index contributed by atoms with van der Waals surface area (Å²) in [7, 11) is 1.66. The van der Waals surface area contributed by atoms with Crippen molar-refractivity contribution in [2.75, 3.05) is 12.9 Å². The first-order valence-electron chi connectivity index (χ1n) is 8.47. The highest BCUT2D eigenvalue weighted by Crippen LogP contribution is 2.39. The van der Waals surface area contributed by atoms with Crippen LogP contribution in [0.25, 0.3) is 0 Å². The number of nitrogens with one attached hydrogen (secondary N) is 1. The molecule has 0 radical (unpaired) electrons. The Balaban J connectivity index is 0.00000208. The average molecular weight is 371 g/mol. The Kier molecular flexibility index (Phi) is 7.26. The fourth-order valence-corrected chi connectivity index (χ4v) is 4.85. The number of rotatable bonds is 5. The molecule has 3 N–H and O–H groups in total. The normalized spacial score (nSPS) is 28.6. The van der Waals surface area contributed by atoms with Crippen molar-refractivity contribution in [1.29, 1.82) is 0 Å². The molecule has 2 aliphatic rings. The van der Waals surface area contributed by atoms with Crippen molar-refractivity contribution < 1.29 is 9.53 Å². The lowest BCUT2D eigenvalue weighted by Crippen LogP contribution is -2.54. The monoisotopic (exact) mass is 370 g/mol. The predicted molar refractivity (Wildman–Crippen MR) is 101 cm³/mol. The summed E-state index contributed by atoms with van der Waals surface area (Å²) in [4.78, 5) is 13.4. The van der Waals surface area contributed by atoms with Crippen LogP contribution in [0, 0.1) is 11.8 Å². The van der Waals surface area contributed by atoms with E-state index in [2.05, 4.69) is 5.32 Å². The molecule has 3 rings (SSSR count). The van der Waals surface area contributed by atoms with Crippen LogP contribution in [0.5, 0.6) is 5.75 Å². The molecule has 4 nitrogen and oxygen atoms in total. The quantitative estimate of drug-likeness (QED) is 0.781. The van der Waals surface area contributed by atoms with Crippen LogP contribution in [0.4, 0.5) is 0 Å². The van der Waals surface area contributed by atoms with Gasteiger partial charge in [0, 0.05) is 17.0 Å². The second-order valence-electron chi connectivity index (χ2n) is 6.74. The second-order valence-corrected chi connectivity index (χ2v) is 7.79. The Labute approximate surface area is 154 Å². The van der Waals surface area contributed by atoms with Crippen molar-refractivity contribution in [2.45, 2.75) is 49.1 Å². The molecule has 2 bridgehead atoms. The van der Waals surface area contributed by atoms with Crippen LogP contribution in [-0.4, -0.2) is 30.9 Å². The molecule has 0 heterocycles. The van der Waals surface area contributed by atoms with Gasteiger partial charge in [0.2, 0.25) is 5.91 Å². The Morgan fingerprint density at radius 1 is 1.33 bits per heavy atom. The number of hydrogen-bond acceptors (Lipinski definition) is 4. The molecule has 2 atom stereocenters. The van der Waals surface area contributed by atoms with Gasteiger partial charge < -0.3 is 15.8 Å². The van der Waals surface area contributed by atoms with E-state index in [1.54, 1.807) is 18.9 Å². The van der Waals surface area contributed by atoms with Gasteiger partial charge in [-0.05, 0) is 55.7 Å². The van der Waals surface area contributed by atoms with Gasteiger partial charge in [-0.15, -0.1) is 24.2 Å². The number of thioether (sulfide) groups is 1. The van der Waals surface area contributed by atoms with Crippen LogP contribution in [-0.2, 0) is 4.79 Å². The molecule has 1 aromatic rings. The summed E-state index contributed by atoms with van der Waals surface area (Å²) in [6.45, 7) is 0. The first-order valence-corrected chi connectivity index (χ1v) is 9.46. The van der Waals surface area contributed by atoms with Crippen molar-refractivity contribution in [3.05, 3.63) is 24.3 Å². The number of carbonyl (C=O) groups is 1. The third kappa shape index (κ3) is 4.80. The van der Waals surface area contributed by atoms with E-state index in [-0.39, 0.29) is 18.3 Å². The minimum Gasteiger partial charge on any atom is -0.497 e. The summed E-state index contributed by atoms with van der Waals surface area (Å²) in [6, 6.07) is 8.50. The van der Waals surface area contributed by atoms with E-state index in [0.717, 1.165) is 23.5 Å². The number of methoxy groups -OCH3 is 1. The molecule has 134 valence electrons. The van der Waals surface area contributed by atoms with Crippen molar-refractivity contribution in [2.24, 2.45) is 17.6 Å². The van der Waals surface area contributed by atoms with E-state index in [1.807, 2.05) is 24.3 Å². The minimum atomic E-state index is 0. The van der Waals surface area contributed by atoms with Gasteiger partial charge in [-0.2, -0.15) is 0 Å². The largest absolute Gasteiger partial charge is 0.497 e. The standard InChI is InChI=1S/C18H26N2O2S.ClH/c1-22-15-6-3-7-16(10-15)23-11-17(21)20-18-12-4-2-5-13(18)9-14(19)8-12;/h3,6-7,10,12-14,18H,2,4-5,8-9,11,19H2,1H3,(H,20,21);1H. The van der Waals surface area contributed by atoms with Gasteiger partial charge in [0.1, 0.15) is 5.75 Å². The Hall–Kier alpha value is -0.910. The van der Waals surface area contributed by atoms with E-state index < -0.39 is 0 Å². The number of halogens is 1. The molecule has 2 saturated carbocycles. The number of fused-ring (bicyclic) bond motifs is 2. The maximum Gasteiger partial charge on any atom is 0.230 e. The SMILES string of the molecule is COc1cccc(SCC(=O)NC2C3CCCC2CC(N)C3)c1.Cl. The zero-order chi connectivity index (χ0) is 16.2. The van der Waals surface area contributed by atoms with Gasteiger partial charge in [0.25, 0.3) is 0 Å². The van der Waals surface area contributed by atoms with Crippen molar-refractivity contribution in [3.8, 4) is 5.75 Å². The maximum atomic E-state index is 12.4. The Morgan fingerprint density at radius 2 is 2.04 bits per heavy atom. The fourth-order valence-electron chi connectivity index (χ4n) is 4.09. The molecular weight excluding hydrogens is 344 g/mol. The predicted octanol–water partition coefficient (Wildman–Crippen LogP) is 3.23. The molecule has 2 aliphatic carbocycles. The smallest absolute Gasteiger partial charge is 0.230 e. The number of benzene rings is 1. The van der Waals surface area contributed by atoms with E-state index in [1.165, 1.54) is 19.3 Å². The van der Waals surface area contributed by atoms with Crippen LogP contribution in [0.1, 0.15) is 32.1 Å². The van der Waals surface area contributed by atoms with Gasteiger partial charge in [-0.1, -0.05) is 12.5 Å². The summed E-state index contributed by atoms with van der Waals surface area (Å²) < 4.78 is 5.22. The Bertz CT molecular complexity index is 544. The first kappa shape index (κ1) is 19.4. The van der Waals surface area contributed by atoms with E-state index >= 15 is 0 Å². The van der Waals surface area contributed by atoms with Crippen LogP contribution < -0.4 is 15.8 Å². The van der Waals surface area contributed by atoms with Gasteiger partial charge in [0.05, 0.1) is 12.9 Å². The molecule has 0 aliphatic heterocycles. The van der Waals surface area contributed by atoms with Crippen LogP contribution >= 0.6 is 24.2 Å². The van der Waals surface area contributed by atoms with Crippen LogP contribution in [0.15, 0.2) is 29.2 Å². The highest BCUT2D eigenvalue weighted by atomic mass is 35.5. The topological polar surface area (TPSA) is 64.3 Å². The lowest BCUT2D eigenvalue weighted by atomic mass is 9.67. The molecule has 1 amide bonds. The molecule has 0 spiro atoms. The maximum absolute atomic E-state index is 12.4. The molecule has 0 saturated heterocycles. The van der Waals surface area contributed by atoms with Crippen molar-refractivity contribution in [1.82, 2.24) is 5.32 Å². The fraction of sp³-hybridized carbons (Fsp3) is 0.611. The molecule has 6 heteroatoms. The molecule has 0 aromatic heterocycles. The third-order valence-corrected chi connectivity index (χ3v) is 6.11. The first-order chi connectivity index (χ1) is 11.2. The Morgan fingerprint density at radius 3 is 2.71 bits per heavy atom. The minimum absolute atomic E-state index is 0. The summed E-state index contributed by atoms with van der Waals surface area (Å²) >= 11 is 1.56. The molecule has 2 fully saturated rings. The molecule has 1 aromatic carbocycles. The molecule has 24 heavy (non-hydrogen) atoms. The van der Waals surface area contributed by atoms with Crippen LogP contribution in [0.2, 0.25) is 0 Å². The summed E-state index contributed by atoms with van der Waals surface area (Å²) in [5, 5.41) is 3.29. The summed E-state index contributed by atoms with van der Waals surface area (Å²) in [6.07, 6.45) is 5.82. The van der Waals surface area contributed by atoms with E-state index in [4.69, 9.17) is 10.5 Å². The number of hydrogen-bond donors (Lipinski definition) is 2. The van der Waals surface area contributed by atoms with Gasteiger partial charge in [-0.3, -0.25) is 4.79 Å². The summed E-state index contributed by atoms with van der Waals surface area (Å²) in [5.74, 6) is 2.56. The highest BCUT2D eigenvalue weighted by molar-refractivity contribution is 8.00. The zero-order valence-corrected chi connectivity index (χ0v) is 15.7. The van der Waals surface area contributed by atoms with Gasteiger partial charge in [0.15, 0.2) is 0 Å². The summed E-state index contributed by atoms with van der Waals surface area (Å²) in [5.41, 5.74) is 6.15. The molecule has 2 unspecified atom stereocenters. The van der Waals surface area contributed by atoms with Crippen molar-refractivity contribution >= 4 is 30.1 Å². The lowest BCUT2D eigenvalue weighted by Gasteiger charge is -2.45. The number of carbonyl (C=O) groups excluding carboxylic acids is 1.